The molecular weight excluding hydrogens is 202 g/mol. The van der Waals surface area contributed by atoms with E-state index in [0.717, 1.165) is 25.8 Å². The first kappa shape index (κ1) is 11.4. The van der Waals surface area contributed by atoms with Crippen LogP contribution in [0.4, 0.5) is 0 Å². The highest BCUT2D eigenvalue weighted by atomic mass is 16.3. The maximum absolute atomic E-state index is 10.0. The monoisotopic (exact) mass is 221 g/mol. The van der Waals surface area contributed by atoms with E-state index in [2.05, 4.69) is 4.90 Å². The van der Waals surface area contributed by atoms with Crippen LogP contribution in [-0.2, 0) is 12.0 Å². The Morgan fingerprint density at radius 3 is 2.56 bits per heavy atom. The molecule has 3 nitrogen and oxygen atoms in total. The number of hydrogen-bond donors (Lipinski definition) is 2. The number of phenols is 1. The van der Waals surface area contributed by atoms with Crippen LogP contribution in [-0.4, -0.2) is 35.8 Å². The molecule has 2 rings (SSSR count). The smallest absolute Gasteiger partial charge is 0.121 e. The highest BCUT2D eigenvalue weighted by molar-refractivity contribution is 5.42. The number of nitrogens with zero attached hydrogens (tertiary/aromatic N) is 1. The molecular formula is C13H19NO2. The van der Waals surface area contributed by atoms with Crippen molar-refractivity contribution in [3.63, 3.8) is 0 Å². The van der Waals surface area contributed by atoms with E-state index in [1.165, 1.54) is 5.56 Å². The van der Waals surface area contributed by atoms with Crippen LogP contribution in [0.3, 0.4) is 0 Å². The lowest BCUT2D eigenvalue weighted by atomic mass is 10.0. The predicted molar refractivity (Wildman–Crippen MR) is 63.5 cm³/mol. The normalized spacial score (nSPS) is 17.8. The Morgan fingerprint density at radius 1 is 1.31 bits per heavy atom. The quantitative estimate of drug-likeness (QED) is 0.809. The number of aromatic hydroxyl groups is 1. The average Bonchev–Trinajstić information content (AvgIpc) is 2.96. The third kappa shape index (κ3) is 2.36. The van der Waals surface area contributed by atoms with Crippen molar-refractivity contribution in [1.82, 2.24) is 4.90 Å². The first-order valence-electron chi connectivity index (χ1n) is 5.71. The summed E-state index contributed by atoms with van der Waals surface area (Å²) in [6, 6.07) is 5.55. The molecule has 16 heavy (non-hydrogen) atoms. The number of benzene rings is 1. The van der Waals surface area contributed by atoms with E-state index in [9.17, 15) is 10.2 Å². The molecule has 1 aromatic rings. The van der Waals surface area contributed by atoms with Gasteiger partial charge in [-0.1, -0.05) is 6.07 Å². The first-order valence-corrected chi connectivity index (χ1v) is 5.71. The molecule has 0 radical (unpaired) electrons. The Labute approximate surface area is 96.3 Å². The van der Waals surface area contributed by atoms with Gasteiger partial charge >= 0.3 is 0 Å². The van der Waals surface area contributed by atoms with Gasteiger partial charge in [-0.3, -0.25) is 0 Å². The number of rotatable bonds is 4. The van der Waals surface area contributed by atoms with Gasteiger partial charge in [0.15, 0.2) is 0 Å². The predicted octanol–water partition coefficient (Wildman–Crippen LogP) is 1.48. The number of likely N-dealkylation sites (N-methyl/N-ethyl adjacent to an activating group) is 1. The summed E-state index contributed by atoms with van der Waals surface area (Å²) in [5, 5.41) is 19.7. The fourth-order valence-electron chi connectivity index (χ4n) is 1.85. The first-order chi connectivity index (χ1) is 7.51. The van der Waals surface area contributed by atoms with E-state index >= 15 is 0 Å². The summed E-state index contributed by atoms with van der Waals surface area (Å²) >= 11 is 0. The lowest BCUT2D eigenvalue weighted by molar-refractivity contribution is 0.147. The number of phenolic OH excluding ortho intramolecular Hbond substituents is 1. The SMILES string of the molecule is CN(C)CCc1ccc(O)c(C2(O)CC2)c1. The van der Waals surface area contributed by atoms with E-state index in [4.69, 9.17) is 0 Å². The summed E-state index contributed by atoms with van der Waals surface area (Å²) in [5.41, 5.74) is 1.11. The highest BCUT2D eigenvalue weighted by Gasteiger charge is 2.44. The summed E-state index contributed by atoms with van der Waals surface area (Å²) in [6.45, 7) is 0.975. The van der Waals surface area contributed by atoms with E-state index < -0.39 is 5.60 Å². The summed E-state index contributed by atoms with van der Waals surface area (Å²) in [7, 11) is 4.07. The van der Waals surface area contributed by atoms with Crippen LogP contribution in [0.5, 0.6) is 5.75 Å². The van der Waals surface area contributed by atoms with Gasteiger partial charge in [0.25, 0.3) is 0 Å². The van der Waals surface area contributed by atoms with E-state index in [-0.39, 0.29) is 5.75 Å². The molecule has 88 valence electrons. The zero-order valence-electron chi connectivity index (χ0n) is 9.90. The van der Waals surface area contributed by atoms with Gasteiger partial charge in [-0.05, 0) is 51.1 Å². The largest absolute Gasteiger partial charge is 0.508 e. The summed E-state index contributed by atoms with van der Waals surface area (Å²) in [5.74, 6) is 0.216. The van der Waals surface area contributed by atoms with E-state index in [1.807, 2.05) is 26.2 Å². The van der Waals surface area contributed by atoms with Crippen molar-refractivity contribution in [2.24, 2.45) is 0 Å². The van der Waals surface area contributed by atoms with Crippen molar-refractivity contribution in [3.8, 4) is 5.75 Å². The van der Waals surface area contributed by atoms with Crippen molar-refractivity contribution in [2.45, 2.75) is 24.9 Å². The Bertz CT molecular complexity index is 384. The number of hydrogen-bond acceptors (Lipinski definition) is 3. The highest BCUT2D eigenvalue weighted by Crippen LogP contribution is 2.48. The van der Waals surface area contributed by atoms with E-state index in [1.54, 1.807) is 6.07 Å². The van der Waals surface area contributed by atoms with Gasteiger partial charge in [0.2, 0.25) is 0 Å². The topological polar surface area (TPSA) is 43.7 Å². The van der Waals surface area contributed by atoms with Crippen LogP contribution < -0.4 is 0 Å². The molecule has 0 spiro atoms. The maximum atomic E-state index is 10.0. The second-order valence-corrected chi connectivity index (χ2v) is 4.94. The molecule has 0 heterocycles. The third-order valence-electron chi connectivity index (χ3n) is 3.13. The minimum absolute atomic E-state index is 0.216. The molecule has 0 aromatic heterocycles. The number of aliphatic hydroxyl groups is 1. The second-order valence-electron chi connectivity index (χ2n) is 4.94. The summed E-state index contributed by atoms with van der Waals surface area (Å²) in [4.78, 5) is 2.12. The molecule has 1 aliphatic carbocycles. The molecule has 1 aromatic carbocycles. The molecule has 2 N–H and O–H groups in total. The fourth-order valence-corrected chi connectivity index (χ4v) is 1.85. The van der Waals surface area contributed by atoms with Crippen molar-refractivity contribution >= 4 is 0 Å². The van der Waals surface area contributed by atoms with Gasteiger partial charge in [-0.15, -0.1) is 0 Å². The van der Waals surface area contributed by atoms with Crippen LogP contribution in [0.15, 0.2) is 18.2 Å². The molecule has 1 fully saturated rings. The zero-order valence-corrected chi connectivity index (χ0v) is 9.90. The van der Waals surface area contributed by atoms with Crippen LogP contribution in [0.2, 0.25) is 0 Å². The second kappa shape index (κ2) is 4.07. The lowest BCUT2D eigenvalue weighted by Crippen LogP contribution is -2.15. The maximum Gasteiger partial charge on any atom is 0.121 e. The van der Waals surface area contributed by atoms with Crippen LogP contribution >= 0.6 is 0 Å². The molecule has 0 amide bonds. The molecule has 1 aliphatic rings. The minimum Gasteiger partial charge on any atom is -0.508 e. The fraction of sp³-hybridized carbons (Fsp3) is 0.538. The molecule has 0 saturated heterocycles. The molecule has 3 heteroatoms. The van der Waals surface area contributed by atoms with E-state index in [0.29, 0.717) is 5.56 Å². The van der Waals surface area contributed by atoms with Gasteiger partial charge in [0.05, 0.1) is 5.60 Å². The molecule has 0 bridgehead atoms. The summed E-state index contributed by atoms with van der Waals surface area (Å²) in [6.07, 6.45) is 2.46. The summed E-state index contributed by atoms with van der Waals surface area (Å²) < 4.78 is 0. The molecule has 0 atom stereocenters. The van der Waals surface area contributed by atoms with Crippen molar-refractivity contribution in [2.75, 3.05) is 20.6 Å². The molecule has 0 unspecified atom stereocenters. The molecule has 0 aliphatic heterocycles. The standard InChI is InChI=1S/C13H19NO2/c1-14(2)8-5-10-3-4-12(15)11(9-10)13(16)6-7-13/h3-4,9,15-16H,5-8H2,1-2H3. The Morgan fingerprint density at radius 2 is 2.00 bits per heavy atom. The van der Waals surface area contributed by atoms with Crippen LogP contribution in [0.25, 0.3) is 0 Å². The minimum atomic E-state index is -0.752. The van der Waals surface area contributed by atoms with Gasteiger partial charge in [0.1, 0.15) is 5.75 Å². The zero-order chi connectivity index (χ0) is 11.8. The Kier molecular flexibility index (Phi) is 2.91. The van der Waals surface area contributed by atoms with Gasteiger partial charge in [-0.25, -0.2) is 0 Å². The van der Waals surface area contributed by atoms with Crippen LogP contribution in [0.1, 0.15) is 24.0 Å². The van der Waals surface area contributed by atoms with Crippen molar-refractivity contribution in [1.29, 1.82) is 0 Å². The lowest BCUT2D eigenvalue weighted by Gasteiger charge is -2.14. The van der Waals surface area contributed by atoms with Crippen molar-refractivity contribution in [3.05, 3.63) is 29.3 Å². The van der Waals surface area contributed by atoms with Gasteiger partial charge < -0.3 is 15.1 Å². The molecule has 1 saturated carbocycles. The Hall–Kier alpha value is -1.06. The van der Waals surface area contributed by atoms with Crippen LogP contribution in [0, 0.1) is 0 Å². The average molecular weight is 221 g/mol. The van der Waals surface area contributed by atoms with Gasteiger partial charge in [-0.2, -0.15) is 0 Å². The van der Waals surface area contributed by atoms with Crippen molar-refractivity contribution < 1.29 is 10.2 Å². The Balaban J connectivity index is 2.16. The van der Waals surface area contributed by atoms with Gasteiger partial charge in [0, 0.05) is 12.1 Å². The third-order valence-corrected chi connectivity index (χ3v) is 3.13.